The number of carbonyl (C=O) groups is 1. The van der Waals surface area contributed by atoms with Gasteiger partial charge in [0, 0.05) is 31.1 Å². The van der Waals surface area contributed by atoms with Gasteiger partial charge in [0.25, 0.3) is 0 Å². The molecule has 1 aromatic heterocycles. The van der Waals surface area contributed by atoms with Crippen LogP contribution in [-0.4, -0.2) is 41.8 Å². The second-order valence-corrected chi connectivity index (χ2v) is 5.64. The van der Waals surface area contributed by atoms with E-state index >= 15 is 0 Å². The van der Waals surface area contributed by atoms with Crippen molar-refractivity contribution < 1.29 is 48.9 Å². The zero-order valence-corrected chi connectivity index (χ0v) is 16.3. The van der Waals surface area contributed by atoms with Gasteiger partial charge in [-0.3, -0.25) is 0 Å². The third-order valence-electron chi connectivity index (χ3n) is 4.10. The summed E-state index contributed by atoms with van der Waals surface area (Å²) in [7, 11) is 1.60. The number of ether oxygens (including phenoxy) is 2. The van der Waals surface area contributed by atoms with Gasteiger partial charge in [-0.2, -0.15) is 0 Å². The minimum atomic E-state index is -1.15. The number of hydrogen-bond acceptors (Lipinski definition) is 7. The number of aromatic nitrogens is 2. The van der Waals surface area contributed by atoms with Crippen LogP contribution in [0.5, 0.6) is 5.75 Å². The molecule has 0 amide bonds. The van der Waals surface area contributed by atoms with Crippen molar-refractivity contribution in [3.63, 3.8) is 0 Å². The molecule has 0 radical (unpaired) electrons. The van der Waals surface area contributed by atoms with Gasteiger partial charge in [-0.25, -0.2) is 9.97 Å². The smallest absolute Gasteiger partial charge is 0.548 e. The van der Waals surface area contributed by atoms with E-state index in [-0.39, 0.29) is 36.2 Å². The summed E-state index contributed by atoms with van der Waals surface area (Å²) < 4.78 is 10.5. The van der Waals surface area contributed by atoms with Crippen LogP contribution in [0.4, 0.5) is 0 Å². The van der Waals surface area contributed by atoms with Gasteiger partial charge in [0.15, 0.2) is 5.82 Å². The Morgan fingerprint density at radius 1 is 1.36 bits per heavy atom. The molecule has 1 atom stereocenters. The van der Waals surface area contributed by atoms with Gasteiger partial charge in [-0.15, -0.1) is 0 Å². The number of benzene rings is 1. The Hall–Kier alpha value is -1.51. The van der Waals surface area contributed by atoms with Crippen molar-refractivity contribution in [3.8, 4) is 17.1 Å². The van der Waals surface area contributed by atoms with Crippen molar-refractivity contribution in [2.75, 3.05) is 20.3 Å². The first-order valence-corrected chi connectivity index (χ1v) is 7.63. The molecule has 0 bridgehead atoms. The first-order chi connectivity index (χ1) is 11.6. The maximum absolute atomic E-state index is 11.4. The van der Waals surface area contributed by atoms with Gasteiger partial charge in [-0.1, -0.05) is 12.1 Å². The topological polar surface area (TPSA) is 96.4 Å². The third-order valence-corrected chi connectivity index (χ3v) is 4.10. The molecule has 1 saturated heterocycles. The van der Waals surface area contributed by atoms with Crippen molar-refractivity contribution >= 4 is 5.97 Å². The van der Waals surface area contributed by atoms with Gasteiger partial charge < -0.3 is 24.7 Å². The average Bonchev–Trinajstić information content (AvgIpc) is 3.11. The monoisotopic (exact) mass is 351 g/mol. The first kappa shape index (κ1) is 19.8. The fourth-order valence-electron chi connectivity index (χ4n) is 2.62. The molecule has 126 valence electrons. The molecule has 1 aliphatic heterocycles. The maximum atomic E-state index is 11.4. The largest absolute Gasteiger partial charge is 1.00 e. The van der Waals surface area contributed by atoms with Crippen LogP contribution in [0.15, 0.2) is 36.7 Å². The normalized spacial score (nSPS) is 19.2. The quantitative estimate of drug-likeness (QED) is 0.560. The fraction of sp³-hybridized carbons (Fsp3) is 0.353. The Morgan fingerprint density at radius 2 is 2.08 bits per heavy atom. The summed E-state index contributed by atoms with van der Waals surface area (Å²) in [6.07, 6.45) is 3.72. The minimum absolute atomic E-state index is 0. The Balaban J connectivity index is 0.00000225. The molecule has 1 N–H and O–H groups in total. The minimum Gasteiger partial charge on any atom is -0.548 e. The molecule has 7 nitrogen and oxygen atoms in total. The molecule has 1 aliphatic rings. The molecule has 1 fully saturated rings. The molecule has 2 heterocycles. The number of methoxy groups -OCH3 is 1. The number of nitrogens with zero attached hydrogens (tertiary/aromatic N) is 2. The number of hydrogen-bond donors (Lipinski definition) is 1. The Kier molecular flexibility index (Phi) is 6.92. The van der Waals surface area contributed by atoms with E-state index < -0.39 is 11.5 Å². The summed E-state index contributed by atoms with van der Waals surface area (Å²) in [5.41, 5.74) is 0.442. The Labute approximate surface area is 168 Å². The molecule has 25 heavy (non-hydrogen) atoms. The van der Waals surface area contributed by atoms with Gasteiger partial charge in [-0.05, 0) is 18.6 Å². The number of para-hydroxylation sites is 1. The van der Waals surface area contributed by atoms with Gasteiger partial charge >= 0.3 is 29.6 Å². The van der Waals surface area contributed by atoms with Gasteiger partial charge in [0.05, 0.1) is 30.8 Å². The summed E-state index contributed by atoms with van der Waals surface area (Å²) in [5, 5.41) is 14.4. The standard InChI is InChI=1S/C17H19N3O4.Na/c1-23-14-5-3-2-4-13(14)15-18-8-12(9-19-15)10-20-17(16(21)22)6-7-24-11-17;/h2-5,8-9,20H,6-7,10-11H2,1H3,(H,21,22);/q;+1/p-1. The number of aliphatic carboxylic acids is 1. The summed E-state index contributed by atoms with van der Waals surface area (Å²) in [4.78, 5) is 20.0. The number of carboxylic acids is 1. The van der Waals surface area contributed by atoms with Crippen LogP contribution >= 0.6 is 0 Å². The average molecular weight is 351 g/mol. The first-order valence-electron chi connectivity index (χ1n) is 7.63. The molecule has 0 saturated carbocycles. The van der Waals surface area contributed by atoms with E-state index in [9.17, 15) is 9.90 Å². The summed E-state index contributed by atoms with van der Waals surface area (Å²) in [5.74, 6) is 0.101. The van der Waals surface area contributed by atoms with Crippen molar-refractivity contribution in [2.45, 2.75) is 18.5 Å². The van der Waals surface area contributed by atoms with E-state index in [2.05, 4.69) is 15.3 Å². The van der Waals surface area contributed by atoms with E-state index in [4.69, 9.17) is 9.47 Å². The van der Waals surface area contributed by atoms with Crippen LogP contribution in [0, 0.1) is 0 Å². The number of rotatable bonds is 6. The van der Waals surface area contributed by atoms with Crippen molar-refractivity contribution in [1.82, 2.24) is 15.3 Å². The molecule has 3 rings (SSSR count). The third kappa shape index (κ3) is 4.37. The van der Waals surface area contributed by atoms with Crippen LogP contribution in [0.25, 0.3) is 11.4 Å². The van der Waals surface area contributed by atoms with E-state index in [0.717, 1.165) is 11.1 Å². The Morgan fingerprint density at radius 3 is 2.68 bits per heavy atom. The second-order valence-electron chi connectivity index (χ2n) is 5.64. The zero-order chi connectivity index (χ0) is 17.0. The van der Waals surface area contributed by atoms with Crippen LogP contribution in [0.1, 0.15) is 12.0 Å². The Bertz CT molecular complexity index is 718. The molecule has 2 aromatic rings. The number of carboxylic acid groups (broad SMARTS) is 1. The molecule has 0 spiro atoms. The zero-order valence-electron chi connectivity index (χ0n) is 14.3. The maximum Gasteiger partial charge on any atom is 1.00 e. The van der Waals surface area contributed by atoms with Gasteiger partial charge in [0.1, 0.15) is 5.75 Å². The second kappa shape index (κ2) is 8.73. The van der Waals surface area contributed by atoms with Crippen molar-refractivity contribution in [1.29, 1.82) is 0 Å². The predicted octanol–water partition coefficient (Wildman–Crippen LogP) is -2.85. The van der Waals surface area contributed by atoms with Crippen molar-refractivity contribution in [3.05, 3.63) is 42.2 Å². The van der Waals surface area contributed by atoms with Crippen LogP contribution in [-0.2, 0) is 16.1 Å². The van der Waals surface area contributed by atoms with Crippen LogP contribution in [0.3, 0.4) is 0 Å². The summed E-state index contributed by atoms with van der Waals surface area (Å²) >= 11 is 0. The van der Waals surface area contributed by atoms with E-state index in [1.54, 1.807) is 19.5 Å². The van der Waals surface area contributed by atoms with Crippen LogP contribution < -0.4 is 44.7 Å². The predicted molar refractivity (Wildman–Crippen MR) is 84.0 cm³/mol. The molecule has 1 unspecified atom stereocenters. The van der Waals surface area contributed by atoms with E-state index in [0.29, 0.717) is 31.1 Å². The van der Waals surface area contributed by atoms with Crippen LogP contribution in [0.2, 0.25) is 0 Å². The van der Waals surface area contributed by atoms with E-state index in [1.165, 1.54) is 0 Å². The number of carbonyl (C=O) groups excluding carboxylic acids is 1. The molecular weight excluding hydrogens is 333 g/mol. The SMILES string of the molecule is COc1ccccc1-c1ncc(CNC2(C(=O)[O-])CCOC2)cn1.[Na+]. The molecule has 0 aliphatic carbocycles. The molecular formula is C17H18N3NaO4. The fourth-order valence-corrected chi connectivity index (χ4v) is 2.62. The molecule has 8 heteroatoms. The molecule has 1 aromatic carbocycles. The number of nitrogens with one attached hydrogen (secondary N) is 1. The van der Waals surface area contributed by atoms with Gasteiger partial charge in [0.2, 0.25) is 0 Å². The van der Waals surface area contributed by atoms with E-state index in [1.807, 2.05) is 24.3 Å². The van der Waals surface area contributed by atoms with Crippen molar-refractivity contribution in [2.24, 2.45) is 0 Å². The summed E-state index contributed by atoms with van der Waals surface area (Å²) in [6, 6.07) is 7.50. The summed E-state index contributed by atoms with van der Waals surface area (Å²) in [6.45, 7) is 0.837.